The van der Waals surface area contributed by atoms with E-state index < -0.39 is 0 Å². The number of carbonyl (C=O) groups excluding carboxylic acids is 1. The SMILES string of the molecule is CSCC(=O)N(C)Cc1ccccc1C#CCN. The van der Waals surface area contributed by atoms with Crippen molar-refractivity contribution in [2.75, 3.05) is 25.6 Å². The second kappa shape index (κ2) is 7.80. The molecule has 0 radical (unpaired) electrons. The van der Waals surface area contributed by atoms with Gasteiger partial charge in [-0.05, 0) is 17.9 Å². The van der Waals surface area contributed by atoms with Crippen LogP contribution in [-0.4, -0.2) is 36.4 Å². The Balaban J connectivity index is 2.80. The predicted molar refractivity (Wildman–Crippen MR) is 77.2 cm³/mol. The van der Waals surface area contributed by atoms with Gasteiger partial charge in [0.2, 0.25) is 5.91 Å². The second-order valence-electron chi connectivity index (χ2n) is 3.85. The van der Waals surface area contributed by atoms with E-state index >= 15 is 0 Å². The molecule has 0 unspecified atom stereocenters. The summed E-state index contributed by atoms with van der Waals surface area (Å²) in [6.07, 6.45) is 1.92. The monoisotopic (exact) mass is 262 g/mol. The quantitative estimate of drug-likeness (QED) is 0.832. The molecule has 0 heterocycles. The molecule has 1 aromatic carbocycles. The number of thioether (sulfide) groups is 1. The Bertz CT molecular complexity index is 462. The highest BCUT2D eigenvalue weighted by molar-refractivity contribution is 7.99. The van der Waals surface area contributed by atoms with Crippen molar-refractivity contribution >= 4 is 17.7 Å². The van der Waals surface area contributed by atoms with Crippen molar-refractivity contribution in [3.05, 3.63) is 35.4 Å². The van der Waals surface area contributed by atoms with Gasteiger partial charge in [0.1, 0.15) is 0 Å². The van der Waals surface area contributed by atoms with Gasteiger partial charge >= 0.3 is 0 Å². The lowest BCUT2D eigenvalue weighted by molar-refractivity contribution is -0.127. The van der Waals surface area contributed by atoms with Gasteiger partial charge in [-0.15, -0.1) is 0 Å². The topological polar surface area (TPSA) is 46.3 Å². The molecule has 0 aliphatic rings. The first-order chi connectivity index (χ1) is 8.69. The van der Waals surface area contributed by atoms with Crippen molar-refractivity contribution in [1.82, 2.24) is 4.90 Å². The van der Waals surface area contributed by atoms with Crippen LogP contribution < -0.4 is 5.73 Å². The van der Waals surface area contributed by atoms with E-state index in [9.17, 15) is 4.79 Å². The van der Waals surface area contributed by atoms with Gasteiger partial charge in [0.15, 0.2) is 0 Å². The van der Waals surface area contributed by atoms with Gasteiger partial charge in [-0.1, -0.05) is 30.0 Å². The maximum atomic E-state index is 11.7. The molecule has 0 aliphatic heterocycles. The summed E-state index contributed by atoms with van der Waals surface area (Å²) in [6.45, 7) is 0.921. The van der Waals surface area contributed by atoms with Crippen LogP contribution in [0.25, 0.3) is 0 Å². The summed E-state index contributed by atoms with van der Waals surface area (Å²) in [5.74, 6) is 6.51. The Morgan fingerprint density at radius 1 is 1.44 bits per heavy atom. The van der Waals surface area contributed by atoms with Crippen molar-refractivity contribution in [1.29, 1.82) is 0 Å². The summed E-state index contributed by atoms with van der Waals surface area (Å²) in [5, 5.41) is 0. The molecule has 1 rings (SSSR count). The standard InChI is InChI=1S/C14H18N2OS/c1-16(14(17)11-18-2)10-13-7-4-3-6-12(13)8-5-9-15/h3-4,6-7H,9-11,15H2,1-2H3. The molecule has 0 saturated carbocycles. The number of nitrogens with zero attached hydrogens (tertiary/aromatic N) is 1. The van der Waals surface area contributed by atoms with Gasteiger partial charge in [0, 0.05) is 19.2 Å². The summed E-state index contributed by atoms with van der Waals surface area (Å²) < 4.78 is 0. The highest BCUT2D eigenvalue weighted by Gasteiger charge is 2.09. The third-order valence-electron chi connectivity index (χ3n) is 2.44. The van der Waals surface area contributed by atoms with Crippen LogP contribution in [0.1, 0.15) is 11.1 Å². The molecule has 0 spiro atoms. The number of benzene rings is 1. The number of rotatable bonds is 4. The third kappa shape index (κ3) is 4.44. The molecular weight excluding hydrogens is 244 g/mol. The minimum Gasteiger partial charge on any atom is -0.341 e. The van der Waals surface area contributed by atoms with E-state index in [1.165, 1.54) is 11.8 Å². The lowest BCUT2D eigenvalue weighted by Crippen LogP contribution is -2.28. The minimum absolute atomic E-state index is 0.129. The number of hydrogen-bond donors (Lipinski definition) is 1. The molecule has 1 aromatic rings. The number of nitrogens with two attached hydrogens (primary N) is 1. The molecule has 0 aromatic heterocycles. The van der Waals surface area contributed by atoms with E-state index in [1.807, 2.05) is 37.6 Å². The maximum absolute atomic E-state index is 11.7. The second-order valence-corrected chi connectivity index (χ2v) is 4.71. The molecule has 0 atom stereocenters. The van der Waals surface area contributed by atoms with E-state index in [2.05, 4.69) is 11.8 Å². The van der Waals surface area contributed by atoms with Crippen molar-refractivity contribution in [3.63, 3.8) is 0 Å². The van der Waals surface area contributed by atoms with Crippen molar-refractivity contribution < 1.29 is 4.79 Å². The molecule has 18 heavy (non-hydrogen) atoms. The Morgan fingerprint density at radius 2 is 2.17 bits per heavy atom. The molecule has 1 amide bonds. The summed E-state index contributed by atoms with van der Waals surface area (Å²) >= 11 is 1.53. The Morgan fingerprint density at radius 3 is 2.83 bits per heavy atom. The Hall–Kier alpha value is -1.44. The summed E-state index contributed by atoms with van der Waals surface area (Å²) in [6, 6.07) is 7.83. The van der Waals surface area contributed by atoms with Crippen LogP contribution in [-0.2, 0) is 11.3 Å². The highest BCUT2D eigenvalue weighted by atomic mass is 32.2. The fourth-order valence-electron chi connectivity index (χ4n) is 1.50. The van der Waals surface area contributed by atoms with Crippen LogP contribution in [0.4, 0.5) is 0 Å². The normalized spacial score (nSPS) is 9.50. The van der Waals surface area contributed by atoms with Crippen LogP contribution >= 0.6 is 11.8 Å². The first-order valence-corrected chi connectivity index (χ1v) is 7.08. The van der Waals surface area contributed by atoms with Gasteiger partial charge in [-0.3, -0.25) is 4.79 Å². The molecule has 96 valence electrons. The van der Waals surface area contributed by atoms with E-state index in [1.54, 1.807) is 4.90 Å². The number of carbonyl (C=O) groups is 1. The van der Waals surface area contributed by atoms with Crippen LogP contribution in [0.3, 0.4) is 0 Å². The number of hydrogen-bond acceptors (Lipinski definition) is 3. The lowest BCUT2D eigenvalue weighted by Gasteiger charge is -2.17. The lowest BCUT2D eigenvalue weighted by atomic mass is 10.1. The molecule has 0 saturated heterocycles. The molecule has 0 aliphatic carbocycles. The van der Waals surface area contributed by atoms with Crippen LogP contribution in [0, 0.1) is 11.8 Å². The minimum atomic E-state index is 0.129. The van der Waals surface area contributed by atoms with Gasteiger partial charge in [0.25, 0.3) is 0 Å². The van der Waals surface area contributed by atoms with Crippen molar-refractivity contribution in [3.8, 4) is 11.8 Å². The molecular formula is C14H18N2OS. The van der Waals surface area contributed by atoms with Gasteiger partial charge in [-0.25, -0.2) is 0 Å². The fraction of sp³-hybridized carbons (Fsp3) is 0.357. The first kappa shape index (κ1) is 14.6. The zero-order chi connectivity index (χ0) is 13.4. The average molecular weight is 262 g/mol. The predicted octanol–water partition coefficient (Wildman–Crippen LogP) is 1.32. The van der Waals surface area contributed by atoms with E-state index in [4.69, 9.17) is 5.73 Å². The maximum Gasteiger partial charge on any atom is 0.232 e. The van der Waals surface area contributed by atoms with E-state index in [0.717, 1.165) is 11.1 Å². The smallest absolute Gasteiger partial charge is 0.232 e. The number of amides is 1. The zero-order valence-electron chi connectivity index (χ0n) is 10.8. The van der Waals surface area contributed by atoms with E-state index in [0.29, 0.717) is 18.8 Å². The first-order valence-electron chi connectivity index (χ1n) is 5.68. The van der Waals surface area contributed by atoms with Gasteiger partial charge < -0.3 is 10.6 Å². The summed E-state index contributed by atoms with van der Waals surface area (Å²) in [4.78, 5) is 13.4. The fourth-order valence-corrected chi connectivity index (χ4v) is 1.97. The highest BCUT2D eigenvalue weighted by Crippen LogP contribution is 2.10. The van der Waals surface area contributed by atoms with Crippen molar-refractivity contribution in [2.45, 2.75) is 6.54 Å². The largest absolute Gasteiger partial charge is 0.341 e. The van der Waals surface area contributed by atoms with Crippen LogP contribution in [0.2, 0.25) is 0 Å². The molecule has 0 bridgehead atoms. The summed E-state index contributed by atoms with van der Waals surface area (Å²) in [5.41, 5.74) is 7.36. The zero-order valence-corrected chi connectivity index (χ0v) is 11.6. The molecule has 3 nitrogen and oxygen atoms in total. The van der Waals surface area contributed by atoms with Crippen LogP contribution in [0.5, 0.6) is 0 Å². The summed E-state index contributed by atoms with van der Waals surface area (Å²) in [7, 11) is 1.81. The Labute approximate surface area is 113 Å². The van der Waals surface area contributed by atoms with Gasteiger partial charge in [0.05, 0.1) is 12.3 Å². The van der Waals surface area contributed by atoms with Crippen LogP contribution in [0.15, 0.2) is 24.3 Å². The van der Waals surface area contributed by atoms with Gasteiger partial charge in [-0.2, -0.15) is 11.8 Å². The van der Waals surface area contributed by atoms with E-state index in [-0.39, 0.29) is 5.91 Å². The van der Waals surface area contributed by atoms with Crippen molar-refractivity contribution in [2.24, 2.45) is 5.73 Å². The molecule has 4 heteroatoms. The Kier molecular flexibility index (Phi) is 6.34. The third-order valence-corrected chi connectivity index (χ3v) is 2.98. The average Bonchev–Trinajstić information content (AvgIpc) is 2.38. The molecule has 2 N–H and O–H groups in total. The molecule has 0 fully saturated rings.